The molecule has 0 aromatic heterocycles. The fraction of sp³-hybridized carbons (Fsp3) is 0.632. The van der Waals surface area contributed by atoms with Crippen LogP contribution in [0.2, 0.25) is 0 Å². The highest BCUT2D eigenvalue weighted by Crippen LogP contribution is 2.33. The van der Waals surface area contributed by atoms with Gasteiger partial charge in [-0.25, -0.2) is 8.42 Å². The van der Waals surface area contributed by atoms with E-state index in [1.807, 2.05) is 37.3 Å². The van der Waals surface area contributed by atoms with E-state index in [9.17, 15) is 13.2 Å². The summed E-state index contributed by atoms with van der Waals surface area (Å²) in [5, 5.41) is 0. The van der Waals surface area contributed by atoms with Gasteiger partial charge in [-0.2, -0.15) is 4.31 Å². The molecule has 2 aliphatic rings. The maximum atomic E-state index is 12.9. The summed E-state index contributed by atoms with van der Waals surface area (Å²) in [4.78, 5) is 14.7. The Labute approximate surface area is 168 Å². The number of hydrogen-bond acceptors (Lipinski definition) is 4. The van der Waals surface area contributed by atoms with E-state index in [0.29, 0.717) is 26.2 Å². The van der Waals surface area contributed by atoms with Gasteiger partial charge < -0.3 is 10.6 Å². The van der Waals surface area contributed by atoms with Crippen LogP contribution in [0, 0.1) is 5.92 Å². The maximum Gasteiger partial charge on any atom is 0.227 e. The number of carbonyl (C=O) groups is 1. The Morgan fingerprint density at radius 3 is 2.37 bits per heavy atom. The van der Waals surface area contributed by atoms with Crippen LogP contribution in [-0.4, -0.2) is 55.2 Å². The monoisotopic (exact) mass is 415 g/mol. The Hall–Kier alpha value is -1.15. The summed E-state index contributed by atoms with van der Waals surface area (Å²) < 4.78 is 26.8. The van der Waals surface area contributed by atoms with Crippen molar-refractivity contribution in [1.82, 2.24) is 9.21 Å². The van der Waals surface area contributed by atoms with E-state index in [1.54, 1.807) is 4.90 Å². The van der Waals surface area contributed by atoms with E-state index in [0.717, 1.165) is 31.2 Å². The first-order valence-electron chi connectivity index (χ1n) is 9.39. The van der Waals surface area contributed by atoms with Crippen LogP contribution in [0.3, 0.4) is 0 Å². The summed E-state index contributed by atoms with van der Waals surface area (Å²) in [5.74, 6) is -0.0517. The molecule has 0 radical (unpaired) electrons. The number of piperazine rings is 1. The van der Waals surface area contributed by atoms with Gasteiger partial charge in [-0.1, -0.05) is 43.2 Å². The van der Waals surface area contributed by atoms with Gasteiger partial charge in [-0.05, 0) is 25.3 Å². The normalized spacial score (nSPS) is 27.0. The van der Waals surface area contributed by atoms with Crippen molar-refractivity contribution >= 4 is 28.3 Å². The molecule has 6 nitrogen and oxygen atoms in total. The lowest BCUT2D eigenvalue weighted by Gasteiger charge is -2.42. The molecule has 1 amide bonds. The number of nitrogens with zero attached hydrogens (tertiary/aromatic N) is 2. The largest absolute Gasteiger partial charge is 0.340 e. The molecule has 1 aliphatic heterocycles. The highest BCUT2D eigenvalue weighted by atomic mass is 35.5. The van der Waals surface area contributed by atoms with Crippen LogP contribution in [0.25, 0.3) is 0 Å². The third-order valence-electron chi connectivity index (χ3n) is 5.69. The van der Waals surface area contributed by atoms with E-state index in [1.165, 1.54) is 4.31 Å². The van der Waals surface area contributed by atoms with Crippen LogP contribution in [0.1, 0.15) is 38.2 Å². The molecule has 8 heteroatoms. The number of halogens is 1. The molecule has 152 valence electrons. The van der Waals surface area contributed by atoms with Crippen LogP contribution in [-0.2, 0) is 20.6 Å². The molecule has 1 aliphatic carbocycles. The van der Waals surface area contributed by atoms with Crippen molar-refractivity contribution in [1.29, 1.82) is 0 Å². The second kappa shape index (κ2) is 8.90. The number of rotatable bonds is 4. The minimum atomic E-state index is -3.36. The standard InChI is InChI=1S/C19H29N3O3S.ClH/c1-19(20)10-6-5-9-17(19)18(23)21-11-13-22(14-12-21)26(24,25)15-16-7-3-2-4-8-16;/h2-4,7-8,17H,5-6,9-15,20H2,1H3;1H. The van der Waals surface area contributed by atoms with Crippen LogP contribution in [0.5, 0.6) is 0 Å². The Kier molecular flexibility index (Phi) is 7.30. The first kappa shape index (κ1) is 22.1. The second-order valence-electron chi connectivity index (χ2n) is 7.77. The predicted molar refractivity (Wildman–Crippen MR) is 109 cm³/mol. The zero-order chi connectivity index (χ0) is 18.8. The molecular formula is C19H30ClN3O3S. The molecule has 3 rings (SSSR count). The molecule has 1 aromatic rings. The molecule has 2 unspecified atom stereocenters. The van der Waals surface area contributed by atoms with Crippen LogP contribution < -0.4 is 5.73 Å². The lowest BCUT2D eigenvalue weighted by molar-refractivity contribution is -0.140. The first-order valence-corrected chi connectivity index (χ1v) is 11.0. The van der Waals surface area contributed by atoms with Crippen LogP contribution in [0.4, 0.5) is 0 Å². The van der Waals surface area contributed by atoms with Crippen molar-refractivity contribution in [2.75, 3.05) is 26.2 Å². The van der Waals surface area contributed by atoms with E-state index in [4.69, 9.17) is 5.73 Å². The zero-order valence-corrected chi connectivity index (χ0v) is 17.5. The summed E-state index contributed by atoms with van der Waals surface area (Å²) >= 11 is 0. The summed E-state index contributed by atoms with van der Waals surface area (Å²) in [6.45, 7) is 3.57. The molecule has 2 fully saturated rings. The van der Waals surface area contributed by atoms with Crippen LogP contribution >= 0.6 is 12.4 Å². The fourth-order valence-electron chi connectivity index (χ4n) is 4.05. The summed E-state index contributed by atoms with van der Waals surface area (Å²) in [7, 11) is -3.36. The van der Waals surface area contributed by atoms with Gasteiger partial charge in [0.05, 0.1) is 11.7 Å². The van der Waals surface area contributed by atoms with E-state index >= 15 is 0 Å². The minimum absolute atomic E-state index is 0. The van der Waals surface area contributed by atoms with Crippen molar-refractivity contribution in [3.05, 3.63) is 35.9 Å². The highest BCUT2D eigenvalue weighted by Gasteiger charge is 2.41. The van der Waals surface area contributed by atoms with Gasteiger partial charge in [0.2, 0.25) is 15.9 Å². The topological polar surface area (TPSA) is 83.7 Å². The van der Waals surface area contributed by atoms with Crippen molar-refractivity contribution in [2.45, 2.75) is 43.9 Å². The van der Waals surface area contributed by atoms with Gasteiger partial charge in [0.15, 0.2) is 0 Å². The molecule has 0 bridgehead atoms. The van der Waals surface area contributed by atoms with Crippen molar-refractivity contribution in [3.8, 4) is 0 Å². The van der Waals surface area contributed by atoms with Crippen molar-refractivity contribution in [2.24, 2.45) is 11.7 Å². The zero-order valence-electron chi connectivity index (χ0n) is 15.8. The molecule has 0 spiro atoms. The summed E-state index contributed by atoms with van der Waals surface area (Å²) in [6.07, 6.45) is 3.81. The molecule has 2 N–H and O–H groups in total. The summed E-state index contributed by atoms with van der Waals surface area (Å²) in [5.41, 5.74) is 6.69. The fourth-order valence-corrected chi connectivity index (χ4v) is 5.56. The molecule has 1 aromatic carbocycles. The average Bonchev–Trinajstić information content (AvgIpc) is 2.61. The number of nitrogens with two attached hydrogens (primary N) is 1. The van der Waals surface area contributed by atoms with Gasteiger partial charge in [0, 0.05) is 31.7 Å². The van der Waals surface area contributed by atoms with Crippen molar-refractivity contribution < 1.29 is 13.2 Å². The first-order chi connectivity index (χ1) is 12.3. The van der Waals surface area contributed by atoms with Gasteiger partial charge >= 0.3 is 0 Å². The minimum Gasteiger partial charge on any atom is -0.340 e. The molecule has 1 saturated carbocycles. The number of sulfonamides is 1. The summed E-state index contributed by atoms with van der Waals surface area (Å²) in [6, 6.07) is 9.20. The van der Waals surface area contributed by atoms with Gasteiger partial charge in [0.1, 0.15) is 0 Å². The Morgan fingerprint density at radius 2 is 1.78 bits per heavy atom. The maximum absolute atomic E-state index is 12.9. The quantitative estimate of drug-likeness (QED) is 0.815. The number of amides is 1. The molecule has 27 heavy (non-hydrogen) atoms. The Morgan fingerprint density at radius 1 is 1.15 bits per heavy atom. The van der Waals surface area contributed by atoms with E-state index in [2.05, 4.69) is 0 Å². The van der Waals surface area contributed by atoms with E-state index in [-0.39, 0.29) is 30.0 Å². The molecule has 2 atom stereocenters. The number of hydrogen-bond donors (Lipinski definition) is 1. The number of benzene rings is 1. The van der Waals surface area contributed by atoms with E-state index < -0.39 is 15.6 Å². The SMILES string of the molecule is CC1(N)CCCCC1C(=O)N1CCN(S(=O)(=O)Cc2ccccc2)CC1.Cl. The van der Waals surface area contributed by atoms with Gasteiger partial charge in [-0.3, -0.25) is 4.79 Å². The lowest BCUT2D eigenvalue weighted by atomic mass is 9.74. The third-order valence-corrected chi connectivity index (χ3v) is 7.54. The van der Waals surface area contributed by atoms with Gasteiger partial charge in [-0.15, -0.1) is 12.4 Å². The van der Waals surface area contributed by atoms with Gasteiger partial charge in [0.25, 0.3) is 0 Å². The molecular weight excluding hydrogens is 386 g/mol. The average molecular weight is 416 g/mol. The third kappa shape index (κ3) is 5.22. The number of carbonyl (C=O) groups excluding carboxylic acids is 1. The predicted octanol–water partition coefficient (Wildman–Crippen LogP) is 1.99. The smallest absolute Gasteiger partial charge is 0.227 e. The Balaban J connectivity index is 0.00000261. The highest BCUT2D eigenvalue weighted by molar-refractivity contribution is 7.88. The lowest BCUT2D eigenvalue weighted by Crippen LogP contribution is -2.57. The second-order valence-corrected chi connectivity index (χ2v) is 9.74. The van der Waals surface area contributed by atoms with Crippen molar-refractivity contribution in [3.63, 3.8) is 0 Å². The van der Waals surface area contributed by atoms with Crippen LogP contribution in [0.15, 0.2) is 30.3 Å². The Bertz CT molecular complexity index is 732. The molecule has 1 saturated heterocycles. The molecule has 1 heterocycles.